The van der Waals surface area contributed by atoms with Gasteiger partial charge < -0.3 is 10.6 Å². The number of nitrogens with two attached hydrogens (primary N) is 1. The van der Waals surface area contributed by atoms with Gasteiger partial charge in [0.15, 0.2) is 0 Å². The second-order valence-corrected chi connectivity index (χ2v) is 5.74. The fourth-order valence-corrected chi connectivity index (χ4v) is 3.48. The standard InChI is InChI=1S/C11H15BrN2S/c1-14-9(4-5-13)7-15-11-3-2-8(12)6-10(11)14/h2-3,6,9H,4-5,7,13H2,1H3. The van der Waals surface area contributed by atoms with E-state index in [9.17, 15) is 0 Å². The van der Waals surface area contributed by atoms with Crippen molar-refractivity contribution in [3.8, 4) is 0 Å². The molecule has 0 fully saturated rings. The largest absolute Gasteiger partial charge is 0.370 e. The Morgan fingerprint density at radius 2 is 2.40 bits per heavy atom. The van der Waals surface area contributed by atoms with E-state index in [1.165, 1.54) is 10.6 Å². The van der Waals surface area contributed by atoms with Crippen LogP contribution < -0.4 is 10.6 Å². The summed E-state index contributed by atoms with van der Waals surface area (Å²) in [6.07, 6.45) is 1.06. The minimum absolute atomic E-state index is 0.571. The predicted molar refractivity (Wildman–Crippen MR) is 70.7 cm³/mol. The molecule has 1 unspecified atom stereocenters. The Labute approximate surface area is 103 Å². The van der Waals surface area contributed by atoms with Gasteiger partial charge in [0.1, 0.15) is 0 Å². The van der Waals surface area contributed by atoms with E-state index in [-0.39, 0.29) is 0 Å². The Kier molecular flexibility index (Phi) is 3.59. The van der Waals surface area contributed by atoms with E-state index < -0.39 is 0 Å². The minimum Gasteiger partial charge on any atom is -0.370 e. The SMILES string of the molecule is CN1c2cc(Br)ccc2SCC1CCN. The summed E-state index contributed by atoms with van der Waals surface area (Å²) in [7, 11) is 2.16. The third-order valence-electron chi connectivity index (χ3n) is 2.78. The maximum atomic E-state index is 5.63. The predicted octanol–water partition coefficient (Wildman–Crippen LogP) is 2.71. The zero-order valence-corrected chi connectivity index (χ0v) is 11.1. The molecule has 15 heavy (non-hydrogen) atoms. The molecule has 1 heterocycles. The molecule has 1 aliphatic rings. The van der Waals surface area contributed by atoms with Crippen molar-refractivity contribution in [2.24, 2.45) is 5.73 Å². The number of benzene rings is 1. The highest BCUT2D eigenvalue weighted by Crippen LogP contribution is 2.38. The quantitative estimate of drug-likeness (QED) is 0.907. The van der Waals surface area contributed by atoms with Gasteiger partial charge in [-0.1, -0.05) is 15.9 Å². The molecule has 2 nitrogen and oxygen atoms in total. The molecule has 0 spiro atoms. The molecule has 1 aliphatic heterocycles. The second-order valence-electron chi connectivity index (χ2n) is 3.77. The molecule has 0 saturated carbocycles. The van der Waals surface area contributed by atoms with Gasteiger partial charge in [0, 0.05) is 28.2 Å². The highest BCUT2D eigenvalue weighted by atomic mass is 79.9. The normalized spacial score (nSPS) is 20.2. The molecular weight excluding hydrogens is 272 g/mol. The Morgan fingerprint density at radius 3 is 3.13 bits per heavy atom. The van der Waals surface area contributed by atoms with Crippen molar-refractivity contribution in [2.75, 3.05) is 24.2 Å². The van der Waals surface area contributed by atoms with Gasteiger partial charge in [-0.2, -0.15) is 0 Å². The van der Waals surface area contributed by atoms with Crippen LogP contribution >= 0.6 is 27.7 Å². The highest BCUT2D eigenvalue weighted by molar-refractivity contribution is 9.10. The van der Waals surface area contributed by atoms with Gasteiger partial charge >= 0.3 is 0 Å². The van der Waals surface area contributed by atoms with Crippen LogP contribution in [0.1, 0.15) is 6.42 Å². The summed E-state index contributed by atoms with van der Waals surface area (Å²) in [5, 5.41) is 0. The van der Waals surface area contributed by atoms with Crippen LogP contribution in [0.2, 0.25) is 0 Å². The highest BCUT2D eigenvalue weighted by Gasteiger charge is 2.23. The van der Waals surface area contributed by atoms with E-state index >= 15 is 0 Å². The first-order valence-corrected chi connectivity index (χ1v) is 6.85. The molecule has 1 aromatic rings. The smallest absolute Gasteiger partial charge is 0.0515 e. The molecule has 1 aromatic carbocycles. The molecule has 2 N–H and O–H groups in total. The van der Waals surface area contributed by atoms with Crippen LogP contribution in [0.4, 0.5) is 5.69 Å². The van der Waals surface area contributed by atoms with E-state index in [4.69, 9.17) is 5.73 Å². The van der Waals surface area contributed by atoms with Crippen LogP contribution in [0.25, 0.3) is 0 Å². The first-order valence-electron chi connectivity index (χ1n) is 5.07. The summed E-state index contributed by atoms with van der Waals surface area (Å²) < 4.78 is 1.14. The number of hydrogen-bond acceptors (Lipinski definition) is 3. The third-order valence-corrected chi connectivity index (χ3v) is 4.48. The lowest BCUT2D eigenvalue weighted by Crippen LogP contribution is -2.38. The van der Waals surface area contributed by atoms with Crippen LogP contribution in [0.15, 0.2) is 27.6 Å². The summed E-state index contributed by atoms with van der Waals surface area (Å²) in [6, 6.07) is 7.04. The topological polar surface area (TPSA) is 29.3 Å². The van der Waals surface area contributed by atoms with Crippen LogP contribution in [-0.2, 0) is 0 Å². The molecule has 0 bridgehead atoms. The molecule has 0 aromatic heterocycles. The van der Waals surface area contributed by atoms with Gasteiger partial charge in [-0.25, -0.2) is 0 Å². The number of fused-ring (bicyclic) bond motifs is 1. The summed E-state index contributed by atoms with van der Waals surface area (Å²) in [5.74, 6) is 1.14. The molecular formula is C11H15BrN2S. The number of nitrogens with zero attached hydrogens (tertiary/aromatic N) is 1. The van der Waals surface area contributed by atoms with Gasteiger partial charge in [0.2, 0.25) is 0 Å². The lowest BCUT2D eigenvalue weighted by atomic mass is 10.1. The van der Waals surface area contributed by atoms with Crippen molar-refractivity contribution >= 4 is 33.4 Å². The van der Waals surface area contributed by atoms with Gasteiger partial charge in [-0.15, -0.1) is 11.8 Å². The van der Waals surface area contributed by atoms with E-state index in [2.05, 4.69) is 46.1 Å². The summed E-state index contributed by atoms with van der Waals surface area (Å²) in [5.41, 5.74) is 6.94. The maximum absolute atomic E-state index is 5.63. The third kappa shape index (κ3) is 2.32. The molecule has 0 amide bonds. The number of rotatable bonds is 2. The zero-order valence-electron chi connectivity index (χ0n) is 8.74. The van der Waals surface area contributed by atoms with Gasteiger partial charge in [-0.05, 0) is 31.2 Å². The molecule has 82 valence electrons. The summed E-state index contributed by atoms with van der Waals surface area (Å²) in [6.45, 7) is 0.763. The monoisotopic (exact) mass is 286 g/mol. The Hall–Kier alpha value is -0.190. The van der Waals surface area contributed by atoms with Crippen molar-refractivity contribution in [3.05, 3.63) is 22.7 Å². The number of halogens is 1. The lowest BCUT2D eigenvalue weighted by Gasteiger charge is -2.35. The Morgan fingerprint density at radius 1 is 1.60 bits per heavy atom. The number of hydrogen-bond donors (Lipinski definition) is 1. The first-order chi connectivity index (χ1) is 7.22. The van der Waals surface area contributed by atoms with Crippen molar-refractivity contribution in [3.63, 3.8) is 0 Å². The van der Waals surface area contributed by atoms with Crippen molar-refractivity contribution in [2.45, 2.75) is 17.4 Å². The Balaban J connectivity index is 2.28. The van der Waals surface area contributed by atoms with Crippen LogP contribution in [0.3, 0.4) is 0 Å². The average molecular weight is 287 g/mol. The minimum atomic E-state index is 0.571. The summed E-state index contributed by atoms with van der Waals surface area (Å²) >= 11 is 5.45. The second kappa shape index (κ2) is 4.76. The molecule has 2 rings (SSSR count). The number of thioether (sulfide) groups is 1. The average Bonchev–Trinajstić information content (AvgIpc) is 2.23. The molecule has 0 radical (unpaired) electrons. The van der Waals surface area contributed by atoms with Gasteiger partial charge in [0.05, 0.1) is 5.69 Å². The van der Waals surface area contributed by atoms with Crippen molar-refractivity contribution < 1.29 is 0 Å². The Bertz CT molecular complexity index is 356. The molecule has 0 aliphatic carbocycles. The van der Waals surface area contributed by atoms with Crippen LogP contribution in [0.5, 0.6) is 0 Å². The zero-order chi connectivity index (χ0) is 10.8. The molecule has 4 heteroatoms. The fraction of sp³-hybridized carbons (Fsp3) is 0.455. The first kappa shape index (κ1) is 11.3. The van der Waals surface area contributed by atoms with E-state index in [0.29, 0.717) is 6.04 Å². The van der Waals surface area contributed by atoms with E-state index in [0.717, 1.165) is 23.2 Å². The van der Waals surface area contributed by atoms with Crippen LogP contribution in [0, 0.1) is 0 Å². The van der Waals surface area contributed by atoms with Crippen molar-refractivity contribution in [1.29, 1.82) is 0 Å². The number of anilines is 1. The fourth-order valence-electron chi connectivity index (χ4n) is 1.85. The van der Waals surface area contributed by atoms with Crippen LogP contribution in [-0.4, -0.2) is 25.4 Å². The van der Waals surface area contributed by atoms with Crippen molar-refractivity contribution in [1.82, 2.24) is 0 Å². The van der Waals surface area contributed by atoms with Gasteiger partial charge in [-0.3, -0.25) is 0 Å². The van der Waals surface area contributed by atoms with Gasteiger partial charge in [0.25, 0.3) is 0 Å². The van der Waals surface area contributed by atoms with E-state index in [1.807, 2.05) is 11.8 Å². The maximum Gasteiger partial charge on any atom is 0.0515 e. The molecule has 0 saturated heterocycles. The van der Waals surface area contributed by atoms with E-state index in [1.54, 1.807) is 0 Å². The lowest BCUT2D eigenvalue weighted by molar-refractivity contribution is 0.633. The molecule has 1 atom stereocenters. The summed E-state index contributed by atoms with van der Waals surface area (Å²) in [4.78, 5) is 3.72.